The Hall–Kier alpha value is -3.83. The molecule has 0 saturated carbocycles. The summed E-state index contributed by atoms with van der Waals surface area (Å²) < 4.78 is 28.1. The molecule has 1 amide bonds. The Labute approximate surface area is 189 Å². The van der Waals surface area contributed by atoms with E-state index in [0.29, 0.717) is 33.5 Å². The summed E-state index contributed by atoms with van der Waals surface area (Å²) in [5.74, 6) is -0.483. The summed E-state index contributed by atoms with van der Waals surface area (Å²) in [7, 11) is -0.842. The Morgan fingerprint density at radius 3 is 2.61 bits per heavy atom. The van der Waals surface area contributed by atoms with Gasteiger partial charge in [0.15, 0.2) is 5.65 Å². The van der Waals surface area contributed by atoms with Crippen LogP contribution in [0.3, 0.4) is 0 Å². The number of para-hydroxylation sites is 2. The van der Waals surface area contributed by atoms with Crippen LogP contribution in [0, 0.1) is 13.8 Å². The van der Waals surface area contributed by atoms with Crippen molar-refractivity contribution >= 4 is 32.7 Å². The summed E-state index contributed by atoms with van der Waals surface area (Å²) in [6, 6.07) is 9.95. The quantitative estimate of drug-likeness (QED) is 0.464. The number of rotatable bonds is 5. The molecular weight excluding hydrogens is 444 g/mol. The molecule has 0 aliphatic rings. The topological polar surface area (TPSA) is 130 Å². The Morgan fingerprint density at radius 1 is 1.15 bits per heavy atom. The lowest BCUT2D eigenvalue weighted by molar-refractivity contribution is 0.102. The maximum absolute atomic E-state index is 13.1. The average Bonchev–Trinajstić information content (AvgIpc) is 3.21. The van der Waals surface area contributed by atoms with Gasteiger partial charge in [0, 0.05) is 19.7 Å². The second kappa shape index (κ2) is 8.26. The number of nitrogens with one attached hydrogen (secondary N) is 2. The van der Waals surface area contributed by atoms with Crippen molar-refractivity contribution in [3.63, 3.8) is 0 Å². The van der Waals surface area contributed by atoms with Crippen molar-refractivity contribution in [2.24, 2.45) is 0 Å². The van der Waals surface area contributed by atoms with Gasteiger partial charge in [-0.05, 0) is 49.2 Å². The highest BCUT2D eigenvalue weighted by molar-refractivity contribution is 7.89. The van der Waals surface area contributed by atoms with Crippen LogP contribution >= 0.6 is 0 Å². The number of H-pyrrole nitrogens is 1. The molecule has 0 spiro atoms. The Bertz CT molecular complexity index is 1550. The molecule has 33 heavy (non-hydrogen) atoms. The molecule has 170 valence electrons. The second-order valence-electron chi connectivity index (χ2n) is 7.70. The molecule has 2 heterocycles. The minimum absolute atomic E-state index is 0.0763. The normalized spacial score (nSPS) is 11.8. The van der Waals surface area contributed by atoms with E-state index in [4.69, 9.17) is 0 Å². The average molecular weight is 467 g/mol. The zero-order valence-corrected chi connectivity index (χ0v) is 19.3. The van der Waals surface area contributed by atoms with Crippen molar-refractivity contribution in [2.75, 3.05) is 19.4 Å². The lowest BCUT2D eigenvalue weighted by Gasteiger charge is -2.17. The van der Waals surface area contributed by atoms with E-state index in [2.05, 4.69) is 20.4 Å². The number of benzene rings is 2. The second-order valence-corrected chi connectivity index (χ2v) is 9.82. The monoisotopic (exact) mass is 466 g/mol. The molecule has 10 nitrogen and oxygen atoms in total. The largest absolute Gasteiger partial charge is 0.320 e. The van der Waals surface area contributed by atoms with E-state index in [-0.39, 0.29) is 16.0 Å². The number of anilines is 1. The molecule has 11 heteroatoms. The number of nitrogens with zero attached hydrogens (tertiary/aromatic N) is 4. The predicted octanol–water partition coefficient (Wildman–Crippen LogP) is 2.23. The van der Waals surface area contributed by atoms with Gasteiger partial charge < -0.3 is 10.3 Å². The lowest BCUT2D eigenvalue weighted by atomic mass is 10.1. The molecule has 0 aliphatic carbocycles. The molecule has 0 unspecified atom stereocenters. The van der Waals surface area contributed by atoms with E-state index in [9.17, 15) is 18.0 Å². The van der Waals surface area contributed by atoms with Gasteiger partial charge in [-0.2, -0.15) is 5.10 Å². The summed E-state index contributed by atoms with van der Waals surface area (Å²) >= 11 is 0. The molecule has 2 aromatic heterocycles. The van der Waals surface area contributed by atoms with Crippen LogP contribution in [0.2, 0.25) is 0 Å². The van der Waals surface area contributed by atoms with Crippen molar-refractivity contribution in [3.05, 3.63) is 76.0 Å². The van der Waals surface area contributed by atoms with Crippen LogP contribution in [-0.2, 0) is 10.0 Å². The smallest absolute Gasteiger partial charge is 0.261 e. The molecule has 0 bridgehead atoms. The van der Waals surface area contributed by atoms with Crippen LogP contribution in [-0.4, -0.2) is 52.5 Å². The lowest BCUT2D eigenvalue weighted by Crippen LogP contribution is -2.24. The SMILES string of the molecule is Cc1cc(C(=O)Nc2ccccc2-n2ncc3c(=O)[nH]cnc32)cc(S(=O)(=O)N(C)C)c1C. The zero-order valence-electron chi connectivity index (χ0n) is 18.4. The Kier molecular flexibility index (Phi) is 5.60. The number of aryl methyl sites for hydroxylation is 1. The van der Waals surface area contributed by atoms with E-state index in [0.717, 1.165) is 4.31 Å². The summed E-state index contributed by atoms with van der Waals surface area (Å²) in [5, 5.41) is 7.40. The van der Waals surface area contributed by atoms with Crippen LogP contribution in [0.15, 0.2) is 58.6 Å². The number of hydrogen-bond donors (Lipinski definition) is 2. The molecule has 0 saturated heterocycles. The first kappa shape index (κ1) is 22.4. The maximum Gasteiger partial charge on any atom is 0.261 e. The molecule has 0 radical (unpaired) electrons. The van der Waals surface area contributed by atoms with E-state index >= 15 is 0 Å². The van der Waals surface area contributed by atoms with Crippen molar-refractivity contribution in [1.82, 2.24) is 24.1 Å². The van der Waals surface area contributed by atoms with Gasteiger partial charge in [0.2, 0.25) is 10.0 Å². The van der Waals surface area contributed by atoms with Gasteiger partial charge in [-0.1, -0.05) is 12.1 Å². The summed E-state index contributed by atoms with van der Waals surface area (Å²) in [4.78, 5) is 31.9. The van der Waals surface area contributed by atoms with Gasteiger partial charge in [-0.3, -0.25) is 9.59 Å². The van der Waals surface area contributed by atoms with E-state index in [1.165, 1.54) is 37.4 Å². The van der Waals surface area contributed by atoms with E-state index < -0.39 is 15.9 Å². The molecule has 0 fully saturated rings. The molecule has 2 N–H and O–H groups in total. The van der Waals surface area contributed by atoms with Crippen molar-refractivity contribution < 1.29 is 13.2 Å². The van der Waals surface area contributed by atoms with Crippen LogP contribution < -0.4 is 10.9 Å². The molecule has 0 aliphatic heterocycles. The Morgan fingerprint density at radius 2 is 1.88 bits per heavy atom. The molecule has 2 aromatic carbocycles. The van der Waals surface area contributed by atoms with Crippen molar-refractivity contribution in [2.45, 2.75) is 18.7 Å². The molecule has 4 aromatic rings. The maximum atomic E-state index is 13.1. The van der Waals surface area contributed by atoms with Crippen LogP contribution in [0.25, 0.3) is 16.7 Å². The van der Waals surface area contributed by atoms with Crippen molar-refractivity contribution in [1.29, 1.82) is 0 Å². The fraction of sp³-hybridized carbons (Fsp3) is 0.182. The highest BCUT2D eigenvalue weighted by atomic mass is 32.2. The number of fused-ring (bicyclic) bond motifs is 1. The first-order valence-corrected chi connectivity index (χ1v) is 11.4. The number of aromatic nitrogens is 4. The van der Waals surface area contributed by atoms with Gasteiger partial charge in [-0.25, -0.2) is 22.4 Å². The fourth-order valence-corrected chi connectivity index (χ4v) is 4.63. The van der Waals surface area contributed by atoms with Gasteiger partial charge in [0.1, 0.15) is 5.39 Å². The number of hydrogen-bond acceptors (Lipinski definition) is 6. The standard InChI is InChI=1S/C22H22N6O4S/c1-13-9-15(10-19(14(13)2)33(31,32)27(3)4)21(29)26-17-7-5-6-8-18(17)28-20-16(11-25-28)22(30)24-12-23-20/h5-12H,1-4H3,(H,26,29)(H,23,24,30). The first-order valence-electron chi connectivity index (χ1n) is 9.97. The highest BCUT2D eigenvalue weighted by Crippen LogP contribution is 2.26. The fourth-order valence-electron chi connectivity index (χ4n) is 3.41. The van der Waals surface area contributed by atoms with Gasteiger partial charge in [-0.15, -0.1) is 0 Å². The van der Waals surface area contributed by atoms with E-state index in [1.54, 1.807) is 44.2 Å². The highest BCUT2D eigenvalue weighted by Gasteiger charge is 2.23. The number of carbonyl (C=O) groups is 1. The molecule has 4 rings (SSSR count). The zero-order chi connectivity index (χ0) is 23.9. The Balaban J connectivity index is 1.76. The third kappa shape index (κ3) is 3.92. The summed E-state index contributed by atoms with van der Waals surface area (Å²) in [6.45, 7) is 3.47. The summed E-state index contributed by atoms with van der Waals surface area (Å²) in [6.07, 6.45) is 2.69. The van der Waals surface area contributed by atoms with Crippen LogP contribution in [0.5, 0.6) is 0 Å². The van der Waals surface area contributed by atoms with Gasteiger partial charge in [0.25, 0.3) is 11.5 Å². The minimum atomic E-state index is -3.73. The van der Waals surface area contributed by atoms with Gasteiger partial charge in [0.05, 0.1) is 28.8 Å². The predicted molar refractivity (Wildman–Crippen MR) is 124 cm³/mol. The van der Waals surface area contributed by atoms with Gasteiger partial charge >= 0.3 is 0 Å². The number of carbonyl (C=O) groups excluding carboxylic acids is 1. The summed E-state index contributed by atoms with van der Waals surface area (Å²) in [5.41, 5.74) is 2.41. The molecular formula is C22H22N6O4S. The van der Waals surface area contributed by atoms with Crippen LogP contribution in [0.1, 0.15) is 21.5 Å². The molecule has 0 atom stereocenters. The third-order valence-corrected chi connectivity index (χ3v) is 7.33. The van der Waals surface area contributed by atoms with E-state index in [1.807, 2.05) is 0 Å². The number of amides is 1. The van der Waals surface area contributed by atoms with Crippen LogP contribution in [0.4, 0.5) is 5.69 Å². The van der Waals surface area contributed by atoms with Crippen molar-refractivity contribution in [3.8, 4) is 5.69 Å². The third-order valence-electron chi connectivity index (χ3n) is 5.39. The minimum Gasteiger partial charge on any atom is -0.320 e. The number of aromatic amines is 1. The first-order chi connectivity index (χ1) is 15.6. The number of sulfonamides is 1.